The van der Waals surface area contributed by atoms with Gasteiger partial charge in [-0.25, -0.2) is 0 Å². The Morgan fingerprint density at radius 2 is 2.42 bits per heavy atom. The third-order valence-electron chi connectivity index (χ3n) is 2.00. The molecule has 0 atom stereocenters. The van der Waals surface area contributed by atoms with Crippen LogP contribution in [0.15, 0.2) is 11.3 Å². The average molecular weight is 169 g/mol. The van der Waals surface area contributed by atoms with Crippen molar-refractivity contribution in [3.05, 3.63) is 11.3 Å². The first kappa shape index (κ1) is 9.06. The van der Waals surface area contributed by atoms with E-state index in [1.807, 2.05) is 7.05 Å². The van der Waals surface area contributed by atoms with E-state index in [9.17, 15) is 0 Å². The van der Waals surface area contributed by atoms with Gasteiger partial charge >= 0.3 is 0 Å². The van der Waals surface area contributed by atoms with Crippen LogP contribution in [0.2, 0.25) is 0 Å². The summed E-state index contributed by atoms with van der Waals surface area (Å²) in [6.45, 7) is 1.69. The molecule has 1 rings (SSSR count). The molecule has 0 fully saturated rings. The summed E-state index contributed by atoms with van der Waals surface area (Å²) >= 11 is 0. The van der Waals surface area contributed by atoms with Crippen molar-refractivity contribution in [3.8, 4) is 0 Å². The molecular formula is C8H15N3O. The van der Waals surface area contributed by atoms with Crippen LogP contribution in [0.5, 0.6) is 0 Å². The Labute approximate surface area is 72.5 Å². The Hall–Kier alpha value is -1.03. The minimum Gasteiger partial charge on any atom is -0.481 e. The summed E-state index contributed by atoms with van der Waals surface area (Å²) < 4.78 is 4.87. The highest BCUT2D eigenvalue weighted by Crippen LogP contribution is 2.10. The molecule has 0 aromatic rings. The topological polar surface area (TPSA) is 57.1 Å². The maximum atomic E-state index is 7.51. The first-order valence-corrected chi connectivity index (χ1v) is 4.03. The third kappa shape index (κ3) is 1.76. The molecule has 0 spiro atoms. The van der Waals surface area contributed by atoms with Gasteiger partial charge in [0.15, 0.2) is 0 Å². The highest BCUT2D eigenvalue weighted by molar-refractivity contribution is 5.92. The highest BCUT2D eigenvalue weighted by atomic mass is 16.5. The number of hydrogen-bond donors (Lipinski definition) is 3. The van der Waals surface area contributed by atoms with Gasteiger partial charge in [-0.15, -0.1) is 0 Å². The van der Waals surface area contributed by atoms with Crippen molar-refractivity contribution in [2.24, 2.45) is 0 Å². The fraction of sp³-hybridized carbons (Fsp3) is 0.625. The molecular weight excluding hydrogens is 154 g/mol. The number of rotatable bonds is 2. The van der Waals surface area contributed by atoms with Gasteiger partial charge < -0.3 is 15.4 Å². The Morgan fingerprint density at radius 3 is 3.00 bits per heavy atom. The monoisotopic (exact) mass is 169 g/mol. The van der Waals surface area contributed by atoms with Crippen LogP contribution in [0.4, 0.5) is 0 Å². The molecule has 4 heteroatoms. The van der Waals surface area contributed by atoms with E-state index in [1.165, 1.54) is 7.11 Å². The molecule has 0 saturated heterocycles. The number of nitrogens with one attached hydrogen (secondary N) is 3. The second-order valence-corrected chi connectivity index (χ2v) is 2.67. The van der Waals surface area contributed by atoms with E-state index in [2.05, 4.69) is 10.6 Å². The molecule has 12 heavy (non-hydrogen) atoms. The second kappa shape index (κ2) is 4.11. The van der Waals surface area contributed by atoms with Crippen LogP contribution < -0.4 is 10.6 Å². The summed E-state index contributed by atoms with van der Waals surface area (Å²) in [6.07, 6.45) is 0.942. The summed E-state index contributed by atoms with van der Waals surface area (Å²) in [5.41, 5.74) is 2.05. The number of ether oxygens (including phenoxy) is 1. The Kier molecular flexibility index (Phi) is 3.10. The van der Waals surface area contributed by atoms with E-state index >= 15 is 0 Å². The van der Waals surface area contributed by atoms with Gasteiger partial charge in [-0.3, -0.25) is 5.41 Å². The lowest BCUT2D eigenvalue weighted by Crippen LogP contribution is -2.32. The van der Waals surface area contributed by atoms with Crippen LogP contribution in [0.1, 0.15) is 6.42 Å². The van der Waals surface area contributed by atoms with Crippen LogP contribution in [0.25, 0.3) is 0 Å². The van der Waals surface area contributed by atoms with E-state index in [0.717, 1.165) is 30.8 Å². The van der Waals surface area contributed by atoms with Crippen LogP contribution in [0, 0.1) is 5.41 Å². The van der Waals surface area contributed by atoms with E-state index in [4.69, 9.17) is 10.1 Å². The zero-order valence-electron chi connectivity index (χ0n) is 7.53. The fourth-order valence-electron chi connectivity index (χ4n) is 1.30. The van der Waals surface area contributed by atoms with Gasteiger partial charge in [0.2, 0.25) is 5.90 Å². The SMILES string of the molecule is CNC1=C(C(=N)OC)CNCC1. The van der Waals surface area contributed by atoms with Gasteiger partial charge in [-0.1, -0.05) is 0 Å². The Balaban J connectivity index is 2.79. The van der Waals surface area contributed by atoms with E-state index < -0.39 is 0 Å². The molecule has 0 saturated carbocycles. The lowest BCUT2D eigenvalue weighted by molar-refractivity contribution is 0.395. The normalized spacial score (nSPS) is 17.5. The minimum absolute atomic E-state index is 0.256. The number of hydrogen-bond acceptors (Lipinski definition) is 4. The molecule has 1 aliphatic heterocycles. The molecule has 0 bridgehead atoms. The summed E-state index contributed by atoms with van der Waals surface area (Å²) in [4.78, 5) is 0. The molecule has 0 aromatic heterocycles. The van der Waals surface area contributed by atoms with Crippen LogP contribution in [-0.4, -0.2) is 33.1 Å². The second-order valence-electron chi connectivity index (χ2n) is 2.67. The Morgan fingerprint density at radius 1 is 1.67 bits per heavy atom. The van der Waals surface area contributed by atoms with E-state index in [1.54, 1.807) is 0 Å². The Bertz CT molecular complexity index is 210. The van der Waals surface area contributed by atoms with Gasteiger partial charge in [0, 0.05) is 37.8 Å². The van der Waals surface area contributed by atoms with Crippen molar-refractivity contribution in [3.63, 3.8) is 0 Å². The molecule has 0 amide bonds. The zero-order chi connectivity index (χ0) is 8.97. The van der Waals surface area contributed by atoms with Gasteiger partial charge in [-0.05, 0) is 0 Å². The van der Waals surface area contributed by atoms with Crippen molar-refractivity contribution in [2.75, 3.05) is 27.2 Å². The predicted octanol–water partition coefficient (Wildman–Crippen LogP) is 0.0769. The summed E-state index contributed by atoms with van der Waals surface area (Å²) in [6, 6.07) is 0. The first-order valence-electron chi connectivity index (χ1n) is 4.03. The molecule has 0 aromatic carbocycles. The quantitative estimate of drug-likeness (QED) is 0.405. The summed E-state index contributed by atoms with van der Waals surface area (Å²) in [5, 5.41) is 13.8. The van der Waals surface area contributed by atoms with Crippen molar-refractivity contribution in [1.29, 1.82) is 5.41 Å². The molecule has 3 N–H and O–H groups in total. The maximum Gasteiger partial charge on any atom is 0.211 e. The first-order chi connectivity index (χ1) is 5.79. The van der Waals surface area contributed by atoms with E-state index in [0.29, 0.717) is 0 Å². The van der Waals surface area contributed by atoms with E-state index in [-0.39, 0.29) is 5.90 Å². The molecule has 4 nitrogen and oxygen atoms in total. The van der Waals surface area contributed by atoms with Crippen LogP contribution >= 0.6 is 0 Å². The lowest BCUT2D eigenvalue weighted by atomic mass is 10.1. The van der Waals surface area contributed by atoms with Crippen molar-refractivity contribution in [1.82, 2.24) is 10.6 Å². The van der Waals surface area contributed by atoms with Crippen molar-refractivity contribution in [2.45, 2.75) is 6.42 Å². The molecule has 0 radical (unpaired) electrons. The van der Waals surface area contributed by atoms with Gasteiger partial charge in [0.25, 0.3) is 0 Å². The smallest absolute Gasteiger partial charge is 0.211 e. The van der Waals surface area contributed by atoms with Gasteiger partial charge in [-0.2, -0.15) is 0 Å². The molecule has 0 unspecified atom stereocenters. The maximum absolute atomic E-state index is 7.51. The van der Waals surface area contributed by atoms with Crippen LogP contribution in [0.3, 0.4) is 0 Å². The molecule has 0 aliphatic carbocycles. The average Bonchev–Trinajstić information content (AvgIpc) is 2.16. The summed E-state index contributed by atoms with van der Waals surface area (Å²) in [7, 11) is 3.40. The molecule has 1 heterocycles. The summed E-state index contributed by atoms with van der Waals surface area (Å²) in [5.74, 6) is 0.256. The minimum atomic E-state index is 0.256. The lowest BCUT2D eigenvalue weighted by Gasteiger charge is -2.20. The standard InChI is InChI=1S/C8H15N3O/c1-10-7-3-4-11-5-6(7)8(9)12-2/h9-11H,3-5H2,1-2H3. The third-order valence-corrected chi connectivity index (χ3v) is 2.00. The zero-order valence-corrected chi connectivity index (χ0v) is 7.53. The van der Waals surface area contributed by atoms with Crippen molar-refractivity contribution < 1.29 is 4.74 Å². The number of methoxy groups -OCH3 is 1. The highest BCUT2D eigenvalue weighted by Gasteiger charge is 2.15. The molecule has 1 aliphatic rings. The fourth-order valence-corrected chi connectivity index (χ4v) is 1.30. The largest absolute Gasteiger partial charge is 0.481 e. The molecule has 68 valence electrons. The van der Waals surface area contributed by atoms with Gasteiger partial charge in [0.05, 0.1) is 7.11 Å². The van der Waals surface area contributed by atoms with Crippen molar-refractivity contribution >= 4 is 5.90 Å². The predicted molar refractivity (Wildman–Crippen MR) is 48.3 cm³/mol. The van der Waals surface area contributed by atoms with Crippen LogP contribution in [-0.2, 0) is 4.74 Å². The van der Waals surface area contributed by atoms with Gasteiger partial charge in [0.1, 0.15) is 0 Å².